The lowest BCUT2D eigenvalue weighted by Gasteiger charge is -2.16. The number of halogens is 1. The highest BCUT2D eigenvalue weighted by atomic mass is 35.5. The largest absolute Gasteiger partial charge is 0.352 e. The van der Waals surface area contributed by atoms with Gasteiger partial charge in [0, 0.05) is 11.9 Å². The molecule has 0 saturated heterocycles. The van der Waals surface area contributed by atoms with E-state index in [1.165, 1.54) is 5.56 Å². The molecule has 4 heteroatoms. The first-order chi connectivity index (χ1) is 9.28. The van der Waals surface area contributed by atoms with Crippen molar-refractivity contribution in [3.63, 3.8) is 0 Å². The quantitative estimate of drug-likeness (QED) is 0.814. The summed E-state index contributed by atoms with van der Waals surface area (Å²) >= 11 is 7.53. The standard InChI is InChI=1S/C15H16ClNOS/c16-10-14(8-12-4-2-1-3-5-12)17-15(18)9-13-6-7-19-11-13/h1-7,11,14H,8-10H2,(H,17,18). The first kappa shape index (κ1) is 14.1. The average molecular weight is 294 g/mol. The second kappa shape index (κ2) is 7.31. The molecular formula is C15H16ClNOS. The number of rotatable bonds is 6. The molecule has 0 aliphatic rings. The Hall–Kier alpha value is -1.32. The molecule has 0 bridgehead atoms. The lowest BCUT2D eigenvalue weighted by Crippen LogP contribution is -2.38. The first-order valence-corrected chi connectivity index (χ1v) is 7.66. The minimum atomic E-state index is -0.0183. The monoisotopic (exact) mass is 293 g/mol. The van der Waals surface area contributed by atoms with Crippen LogP contribution in [0.2, 0.25) is 0 Å². The summed E-state index contributed by atoms with van der Waals surface area (Å²) in [6.07, 6.45) is 1.19. The molecule has 0 radical (unpaired) electrons. The van der Waals surface area contributed by atoms with Gasteiger partial charge in [-0.1, -0.05) is 30.3 Å². The molecule has 2 rings (SSSR count). The van der Waals surface area contributed by atoms with Crippen LogP contribution >= 0.6 is 22.9 Å². The number of carbonyl (C=O) groups excluding carboxylic acids is 1. The second-order valence-electron chi connectivity index (χ2n) is 4.42. The average Bonchev–Trinajstić information content (AvgIpc) is 2.92. The predicted octanol–water partition coefficient (Wildman–Crippen LogP) is 3.26. The summed E-state index contributed by atoms with van der Waals surface area (Å²) in [6, 6.07) is 12.0. The van der Waals surface area contributed by atoms with Crippen LogP contribution in [0, 0.1) is 0 Å². The van der Waals surface area contributed by atoms with Crippen LogP contribution in [0.1, 0.15) is 11.1 Å². The predicted molar refractivity (Wildman–Crippen MR) is 80.8 cm³/mol. The van der Waals surface area contributed by atoms with Crippen LogP contribution in [-0.2, 0) is 17.6 Å². The minimum absolute atomic E-state index is 0.0183. The van der Waals surface area contributed by atoms with E-state index < -0.39 is 0 Å². The van der Waals surface area contributed by atoms with E-state index in [4.69, 9.17) is 11.6 Å². The van der Waals surface area contributed by atoms with E-state index in [-0.39, 0.29) is 11.9 Å². The molecule has 19 heavy (non-hydrogen) atoms. The van der Waals surface area contributed by atoms with E-state index in [0.29, 0.717) is 12.3 Å². The van der Waals surface area contributed by atoms with E-state index >= 15 is 0 Å². The van der Waals surface area contributed by atoms with Crippen LogP contribution in [0.3, 0.4) is 0 Å². The molecule has 0 aliphatic heterocycles. The normalized spacial score (nSPS) is 12.1. The van der Waals surface area contributed by atoms with Crippen molar-refractivity contribution < 1.29 is 4.79 Å². The van der Waals surface area contributed by atoms with E-state index in [1.54, 1.807) is 11.3 Å². The summed E-state index contributed by atoms with van der Waals surface area (Å²) in [4.78, 5) is 11.9. The van der Waals surface area contributed by atoms with Gasteiger partial charge >= 0.3 is 0 Å². The first-order valence-electron chi connectivity index (χ1n) is 6.18. The van der Waals surface area contributed by atoms with Gasteiger partial charge in [-0.15, -0.1) is 11.6 Å². The zero-order valence-electron chi connectivity index (χ0n) is 10.5. The third-order valence-corrected chi connectivity index (χ3v) is 3.93. The number of nitrogens with one attached hydrogen (secondary N) is 1. The topological polar surface area (TPSA) is 29.1 Å². The highest BCUT2D eigenvalue weighted by Crippen LogP contribution is 2.08. The Bertz CT molecular complexity index is 498. The van der Waals surface area contributed by atoms with Crippen LogP contribution in [0.4, 0.5) is 0 Å². The zero-order chi connectivity index (χ0) is 13.5. The molecule has 2 aromatic rings. The van der Waals surface area contributed by atoms with Crippen molar-refractivity contribution in [1.29, 1.82) is 0 Å². The molecule has 1 amide bonds. The van der Waals surface area contributed by atoms with Crippen molar-refractivity contribution in [2.24, 2.45) is 0 Å². The van der Waals surface area contributed by atoms with Gasteiger partial charge in [0.1, 0.15) is 0 Å². The fourth-order valence-electron chi connectivity index (χ4n) is 1.90. The molecule has 1 heterocycles. The Labute approximate surface area is 122 Å². The van der Waals surface area contributed by atoms with Crippen molar-refractivity contribution in [1.82, 2.24) is 5.32 Å². The lowest BCUT2D eigenvalue weighted by molar-refractivity contribution is -0.121. The molecule has 1 unspecified atom stereocenters. The maximum absolute atomic E-state index is 11.9. The minimum Gasteiger partial charge on any atom is -0.352 e. The SMILES string of the molecule is O=C(Cc1ccsc1)NC(CCl)Cc1ccccc1. The van der Waals surface area contributed by atoms with Gasteiger partial charge in [-0.2, -0.15) is 11.3 Å². The van der Waals surface area contributed by atoms with Gasteiger partial charge in [0.2, 0.25) is 5.91 Å². The van der Waals surface area contributed by atoms with Crippen molar-refractivity contribution >= 4 is 28.8 Å². The molecule has 100 valence electrons. The van der Waals surface area contributed by atoms with Crippen molar-refractivity contribution in [2.75, 3.05) is 5.88 Å². The number of alkyl halides is 1. The van der Waals surface area contributed by atoms with Crippen LogP contribution < -0.4 is 5.32 Å². The Morgan fingerprint density at radius 3 is 2.63 bits per heavy atom. The van der Waals surface area contributed by atoms with Gasteiger partial charge in [0.15, 0.2) is 0 Å². The molecule has 1 atom stereocenters. The highest BCUT2D eigenvalue weighted by Gasteiger charge is 2.12. The van der Waals surface area contributed by atoms with Gasteiger partial charge in [0.05, 0.1) is 6.42 Å². The zero-order valence-corrected chi connectivity index (χ0v) is 12.1. The van der Waals surface area contributed by atoms with Crippen LogP contribution in [0.25, 0.3) is 0 Å². The van der Waals surface area contributed by atoms with Gasteiger partial charge in [-0.25, -0.2) is 0 Å². The fourth-order valence-corrected chi connectivity index (χ4v) is 2.75. The number of amides is 1. The van der Waals surface area contributed by atoms with E-state index in [9.17, 15) is 4.79 Å². The molecule has 2 nitrogen and oxygen atoms in total. The summed E-state index contributed by atoms with van der Waals surface area (Å²) in [6.45, 7) is 0. The van der Waals surface area contributed by atoms with E-state index in [0.717, 1.165) is 12.0 Å². The third kappa shape index (κ3) is 4.69. The Kier molecular flexibility index (Phi) is 5.43. The fraction of sp³-hybridized carbons (Fsp3) is 0.267. The summed E-state index contributed by atoms with van der Waals surface area (Å²) in [5, 5.41) is 6.96. The van der Waals surface area contributed by atoms with Gasteiger partial charge in [-0.05, 0) is 34.4 Å². The maximum atomic E-state index is 11.9. The Morgan fingerprint density at radius 1 is 1.21 bits per heavy atom. The summed E-state index contributed by atoms with van der Waals surface area (Å²) in [5.41, 5.74) is 2.24. The number of hydrogen-bond acceptors (Lipinski definition) is 2. The lowest BCUT2D eigenvalue weighted by atomic mass is 10.1. The Morgan fingerprint density at radius 2 is 2.00 bits per heavy atom. The molecule has 1 aromatic carbocycles. The maximum Gasteiger partial charge on any atom is 0.224 e. The number of hydrogen-bond donors (Lipinski definition) is 1. The Balaban J connectivity index is 1.86. The van der Waals surface area contributed by atoms with E-state index in [1.807, 2.05) is 47.2 Å². The number of benzene rings is 1. The summed E-state index contributed by atoms with van der Waals surface area (Å²) in [5.74, 6) is 0.449. The number of thiophene rings is 1. The van der Waals surface area contributed by atoms with Crippen molar-refractivity contribution in [3.8, 4) is 0 Å². The van der Waals surface area contributed by atoms with Gasteiger partial charge in [0.25, 0.3) is 0 Å². The molecule has 0 saturated carbocycles. The van der Waals surface area contributed by atoms with Crippen LogP contribution in [-0.4, -0.2) is 17.8 Å². The molecule has 1 aromatic heterocycles. The molecule has 0 spiro atoms. The summed E-state index contributed by atoms with van der Waals surface area (Å²) < 4.78 is 0. The summed E-state index contributed by atoms with van der Waals surface area (Å²) in [7, 11) is 0. The molecule has 0 aliphatic carbocycles. The van der Waals surface area contributed by atoms with Crippen LogP contribution in [0.15, 0.2) is 47.2 Å². The third-order valence-electron chi connectivity index (χ3n) is 2.82. The number of carbonyl (C=O) groups is 1. The molecule has 1 N–H and O–H groups in total. The smallest absolute Gasteiger partial charge is 0.224 e. The highest BCUT2D eigenvalue weighted by molar-refractivity contribution is 7.07. The van der Waals surface area contributed by atoms with Crippen LogP contribution in [0.5, 0.6) is 0 Å². The molecule has 0 fully saturated rings. The van der Waals surface area contributed by atoms with Gasteiger partial charge in [-0.3, -0.25) is 4.79 Å². The second-order valence-corrected chi connectivity index (χ2v) is 5.51. The van der Waals surface area contributed by atoms with Crippen molar-refractivity contribution in [3.05, 3.63) is 58.3 Å². The van der Waals surface area contributed by atoms with Gasteiger partial charge < -0.3 is 5.32 Å². The van der Waals surface area contributed by atoms with E-state index in [2.05, 4.69) is 5.32 Å². The molecular weight excluding hydrogens is 278 g/mol. The van der Waals surface area contributed by atoms with Crippen molar-refractivity contribution in [2.45, 2.75) is 18.9 Å².